The topological polar surface area (TPSA) is 101 Å². The van der Waals surface area contributed by atoms with Gasteiger partial charge in [0.2, 0.25) is 5.91 Å². The van der Waals surface area contributed by atoms with E-state index in [1.54, 1.807) is 0 Å². The molecule has 1 aromatic rings. The molecule has 1 amide bonds. The lowest BCUT2D eigenvalue weighted by Crippen LogP contribution is -2.19. The van der Waals surface area contributed by atoms with E-state index < -0.39 is 15.8 Å². The lowest BCUT2D eigenvalue weighted by Gasteiger charge is -2.07. The molecule has 7 heteroatoms. The second-order valence-corrected chi connectivity index (χ2v) is 5.97. The Balaban J connectivity index is 2.89. The minimum Gasteiger partial charge on any atom is -0.478 e. The predicted molar refractivity (Wildman–Crippen MR) is 68.8 cm³/mol. The van der Waals surface area contributed by atoms with Crippen molar-refractivity contribution >= 4 is 21.7 Å². The molecule has 0 aliphatic heterocycles. The first kappa shape index (κ1) is 15.2. The Morgan fingerprint density at radius 2 is 1.89 bits per heavy atom. The van der Waals surface area contributed by atoms with Crippen LogP contribution in [0.25, 0.3) is 0 Å². The van der Waals surface area contributed by atoms with Crippen LogP contribution in [-0.4, -0.2) is 38.2 Å². The smallest absolute Gasteiger partial charge is 0.337 e. The highest BCUT2D eigenvalue weighted by Gasteiger charge is 2.21. The largest absolute Gasteiger partial charge is 0.478 e. The molecule has 0 saturated carbocycles. The molecule has 1 aromatic carbocycles. The maximum absolute atomic E-state index is 12.0. The highest BCUT2D eigenvalue weighted by atomic mass is 32.2. The zero-order valence-corrected chi connectivity index (χ0v) is 11.2. The standard InChI is InChI=1S/C12H15NO5S/c1-13-11(14)7-4-8-19(17,18)10-6-3-2-5-9(10)12(15)16/h2-3,5-6H,4,7-8H2,1H3,(H,13,14)(H,15,16). The summed E-state index contributed by atoms with van der Waals surface area (Å²) in [5.74, 6) is -1.79. The predicted octanol–water partition coefficient (Wildman–Crippen LogP) is 0.685. The molecular formula is C12H15NO5S. The van der Waals surface area contributed by atoms with Crippen LogP contribution < -0.4 is 5.32 Å². The van der Waals surface area contributed by atoms with Crippen LogP contribution in [0.4, 0.5) is 0 Å². The lowest BCUT2D eigenvalue weighted by molar-refractivity contribution is -0.120. The number of hydrogen-bond acceptors (Lipinski definition) is 4. The summed E-state index contributed by atoms with van der Waals surface area (Å²) in [6, 6.07) is 5.44. The van der Waals surface area contributed by atoms with Crippen LogP contribution in [0.3, 0.4) is 0 Å². The van der Waals surface area contributed by atoms with Crippen LogP contribution in [0.15, 0.2) is 29.2 Å². The van der Waals surface area contributed by atoms with Crippen LogP contribution in [0.2, 0.25) is 0 Å². The Bertz CT molecular complexity index is 580. The van der Waals surface area contributed by atoms with Crippen molar-refractivity contribution in [3.05, 3.63) is 29.8 Å². The van der Waals surface area contributed by atoms with Gasteiger partial charge in [0.15, 0.2) is 9.84 Å². The van der Waals surface area contributed by atoms with E-state index in [1.165, 1.54) is 31.3 Å². The summed E-state index contributed by atoms with van der Waals surface area (Å²) in [5, 5.41) is 11.3. The summed E-state index contributed by atoms with van der Waals surface area (Å²) in [5.41, 5.74) is -0.248. The van der Waals surface area contributed by atoms with Crippen molar-refractivity contribution in [2.45, 2.75) is 17.7 Å². The number of carbonyl (C=O) groups is 2. The van der Waals surface area contributed by atoms with E-state index in [0.29, 0.717) is 0 Å². The van der Waals surface area contributed by atoms with Crippen LogP contribution >= 0.6 is 0 Å². The Morgan fingerprint density at radius 1 is 1.26 bits per heavy atom. The molecule has 0 radical (unpaired) electrons. The minimum atomic E-state index is -3.70. The highest BCUT2D eigenvalue weighted by Crippen LogP contribution is 2.18. The first-order valence-electron chi connectivity index (χ1n) is 5.64. The Labute approximate surface area is 111 Å². The molecule has 2 N–H and O–H groups in total. The molecule has 1 rings (SSSR count). The second-order valence-electron chi connectivity index (χ2n) is 3.90. The summed E-state index contributed by atoms with van der Waals surface area (Å²) in [7, 11) is -2.23. The number of carbonyl (C=O) groups excluding carboxylic acids is 1. The van der Waals surface area contributed by atoms with Crippen molar-refractivity contribution in [3.63, 3.8) is 0 Å². The monoisotopic (exact) mass is 285 g/mol. The van der Waals surface area contributed by atoms with Gasteiger partial charge in [0.05, 0.1) is 16.2 Å². The van der Waals surface area contributed by atoms with Crippen LogP contribution in [-0.2, 0) is 14.6 Å². The second kappa shape index (κ2) is 6.33. The minimum absolute atomic E-state index is 0.0883. The number of amides is 1. The molecule has 0 aliphatic carbocycles. The van der Waals surface area contributed by atoms with Gasteiger partial charge >= 0.3 is 5.97 Å². The third kappa shape index (κ3) is 4.06. The Hall–Kier alpha value is -1.89. The van der Waals surface area contributed by atoms with Gasteiger partial charge in [-0.2, -0.15) is 0 Å². The number of carboxylic acids is 1. The van der Waals surface area contributed by atoms with Crippen molar-refractivity contribution in [3.8, 4) is 0 Å². The number of aromatic carboxylic acids is 1. The number of nitrogens with one attached hydrogen (secondary N) is 1. The quantitative estimate of drug-likeness (QED) is 0.800. The summed E-state index contributed by atoms with van der Waals surface area (Å²) in [6.07, 6.45) is 0.237. The maximum Gasteiger partial charge on any atom is 0.337 e. The normalized spacial score (nSPS) is 11.0. The third-order valence-electron chi connectivity index (χ3n) is 2.55. The first-order valence-corrected chi connectivity index (χ1v) is 7.29. The van der Waals surface area contributed by atoms with Crippen molar-refractivity contribution in [2.24, 2.45) is 0 Å². The zero-order valence-electron chi connectivity index (χ0n) is 10.4. The van der Waals surface area contributed by atoms with E-state index in [1.807, 2.05) is 0 Å². The number of sulfone groups is 1. The first-order chi connectivity index (χ1) is 8.88. The molecule has 0 fully saturated rings. The fourth-order valence-electron chi connectivity index (χ4n) is 1.57. The van der Waals surface area contributed by atoms with E-state index in [-0.39, 0.29) is 35.0 Å². The van der Waals surface area contributed by atoms with Crippen LogP contribution in [0, 0.1) is 0 Å². The fourth-order valence-corrected chi connectivity index (χ4v) is 3.09. The van der Waals surface area contributed by atoms with Crippen molar-refractivity contribution in [1.82, 2.24) is 5.32 Å². The van der Waals surface area contributed by atoms with Crippen molar-refractivity contribution < 1.29 is 23.1 Å². The van der Waals surface area contributed by atoms with Gasteiger partial charge in [-0.25, -0.2) is 13.2 Å². The number of carboxylic acid groups (broad SMARTS) is 1. The average Bonchev–Trinajstić information content (AvgIpc) is 2.38. The summed E-state index contributed by atoms with van der Waals surface area (Å²) >= 11 is 0. The molecule has 0 bridgehead atoms. The molecule has 0 aliphatic rings. The summed E-state index contributed by atoms with van der Waals surface area (Å²) in [4.78, 5) is 21.8. The summed E-state index contributed by atoms with van der Waals surface area (Å²) in [6.45, 7) is 0. The Morgan fingerprint density at radius 3 is 2.47 bits per heavy atom. The SMILES string of the molecule is CNC(=O)CCCS(=O)(=O)c1ccccc1C(=O)O. The average molecular weight is 285 g/mol. The van der Waals surface area contributed by atoms with Gasteiger partial charge in [0.25, 0.3) is 0 Å². The lowest BCUT2D eigenvalue weighted by atomic mass is 10.2. The Kier molecular flexibility index (Phi) is 5.05. The fraction of sp³-hybridized carbons (Fsp3) is 0.333. The molecular weight excluding hydrogens is 270 g/mol. The van der Waals surface area contributed by atoms with Crippen LogP contribution in [0.5, 0.6) is 0 Å². The molecule has 0 aromatic heterocycles. The van der Waals surface area contributed by atoms with E-state index in [2.05, 4.69) is 5.32 Å². The number of hydrogen-bond donors (Lipinski definition) is 2. The molecule has 0 spiro atoms. The van der Waals surface area contributed by atoms with Gasteiger partial charge in [0.1, 0.15) is 0 Å². The molecule has 0 saturated heterocycles. The van der Waals surface area contributed by atoms with Gasteiger partial charge in [-0.3, -0.25) is 4.79 Å². The van der Waals surface area contributed by atoms with Gasteiger partial charge in [-0.15, -0.1) is 0 Å². The third-order valence-corrected chi connectivity index (χ3v) is 4.40. The van der Waals surface area contributed by atoms with Gasteiger partial charge in [0, 0.05) is 13.5 Å². The van der Waals surface area contributed by atoms with Crippen LogP contribution in [0.1, 0.15) is 23.2 Å². The molecule has 0 unspecified atom stereocenters. The summed E-state index contributed by atoms with van der Waals surface area (Å²) < 4.78 is 24.1. The van der Waals surface area contributed by atoms with Gasteiger partial charge in [-0.05, 0) is 18.6 Å². The van der Waals surface area contributed by atoms with Gasteiger partial charge < -0.3 is 10.4 Å². The number of benzene rings is 1. The maximum atomic E-state index is 12.0. The van der Waals surface area contributed by atoms with Gasteiger partial charge in [-0.1, -0.05) is 12.1 Å². The molecule has 0 heterocycles. The van der Waals surface area contributed by atoms with Crippen molar-refractivity contribution in [2.75, 3.05) is 12.8 Å². The number of rotatable bonds is 6. The zero-order chi connectivity index (χ0) is 14.5. The van der Waals surface area contributed by atoms with E-state index >= 15 is 0 Å². The van der Waals surface area contributed by atoms with E-state index in [0.717, 1.165) is 0 Å². The van der Waals surface area contributed by atoms with E-state index in [4.69, 9.17) is 5.11 Å². The molecule has 0 atom stereocenters. The highest BCUT2D eigenvalue weighted by molar-refractivity contribution is 7.91. The van der Waals surface area contributed by atoms with E-state index in [9.17, 15) is 18.0 Å². The van der Waals surface area contributed by atoms with Crippen molar-refractivity contribution in [1.29, 1.82) is 0 Å². The molecule has 19 heavy (non-hydrogen) atoms. The molecule has 104 valence electrons. The molecule has 6 nitrogen and oxygen atoms in total.